The number of fused-ring (bicyclic) bond motifs is 2. The number of carbonyl (C=O) groups excluding carboxylic acids is 1. The lowest BCUT2D eigenvalue weighted by molar-refractivity contribution is -0.130. The van der Waals surface area contributed by atoms with Crippen LogP contribution >= 0.6 is 0 Å². The molecule has 6 nitrogen and oxygen atoms in total. The maximum atomic E-state index is 13.1. The van der Waals surface area contributed by atoms with E-state index in [9.17, 15) is 13.2 Å². The van der Waals surface area contributed by atoms with Crippen molar-refractivity contribution < 1.29 is 22.7 Å². The van der Waals surface area contributed by atoms with Gasteiger partial charge in [0.2, 0.25) is 5.91 Å². The van der Waals surface area contributed by atoms with E-state index in [-0.39, 0.29) is 18.0 Å². The van der Waals surface area contributed by atoms with Crippen LogP contribution in [0.3, 0.4) is 0 Å². The lowest BCUT2D eigenvalue weighted by Crippen LogP contribution is -2.49. The molecule has 2 aliphatic heterocycles. The Labute approximate surface area is 183 Å². The van der Waals surface area contributed by atoms with E-state index in [1.54, 1.807) is 56.7 Å². The van der Waals surface area contributed by atoms with E-state index in [1.165, 1.54) is 0 Å². The standard InChI is InChI=1S/C24H27NO5S/c1-29-22-12-8-17(14-23(22)30-2)9-13-24(26)25-18-10-11-19(25)16-21(15-18)31(27,28)20-6-4-3-5-7-20/h3-9,12-14,18-19,21H,10-11,15-16H2,1-2H3/b13-9+. The van der Waals surface area contributed by atoms with E-state index >= 15 is 0 Å². The van der Waals surface area contributed by atoms with E-state index in [2.05, 4.69) is 0 Å². The number of ether oxygens (including phenoxy) is 2. The minimum atomic E-state index is -3.39. The summed E-state index contributed by atoms with van der Waals surface area (Å²) >= 11 is 0. The number of rotatable bonds is 6. The van der Waals surface area contributed by atoms with E-state index < -0.39 is 15.1 Å². The summed E-state index contributed by atoms with van der Waals surface area (Å²) in [5.74, 6) is 1.16. The highest BCUT2D eigenvalue weighted by atomic mass is 32.2. The van der Waals surface area contributed by atoms with Gasteiger partial charge in [-0.25, -0.2) is 8.42 Å². The first-order chi connectivity index (χ1) is 14.9. The van der Waals surface area contributed by atoms with E-state index in [0.29, 0.717) is 29.2 Å². The van der Waals surface area contributed by atoms with Crippen LogP contribution in [0.2, 0.25) is 0 Å². The molecule has 0 aromatic heterocycles. The van der Waals surface area contributed by atoms with Gasteiger partial charge in [0.25, 0.3) is 0 Å². The molecule has 2 bridgehead atoms. The van der Waals surface area contributed by atoms with E-state index in [1.807, 2.05) is 23.1 Å². The molecule has 2 heterocycles. The molecule has 164 valence electrons. The summed E-state index contributed by atoms with van der Waals surface area (Å²) in [6, 6.07) is 14.0. The Balaban J connectivity index is 1.47. The highest BCUT2D eigenvalue weighted by Crippen LogP contribution is 2.40. The maximum absolute atomic E-state index is 13.1. The van der Waals surface area contributed by atoms with Gasteiger partial charge in [0.05, 0.1) is 24.4 Å². The predicted octanol–water partition coefficient (Wildman–Crippen LogP) is 3.71. The van der Waals surface area contributed by atoms with Gasteiger partial charge in [0, 0.05) is 18.2 Å². The molecule has 4 rings (SSSR count). The average molecular weight is 442 g/mol. The van der Waals surface area contributed by atoms with Crippen LogP contribution in [-0.2, 0) is 14.6 Å². The summed E-state index contributed by atoms with van der Waals surface area (Å²) in [5.41, 5.74) is 0.833. The number of benzene rings is 2. The van der Waals surface area contributed by atoms with Crippen molar-refractivity contribution in [3.05, 3.63) is 60.2 Å². The SMILES string of the molecule is COc1ccc(/C=C/C(=O)N2C3CCC2CC(S(=O)(=O)c2ccccc2)C3)cc1OC. The van der Waals surface area contributed by atoms with Crippen molar-refractivity contribution >= 4 is 21.8 Å². The smallest absolute Gasteiger partial charge is 0.247 e. The fraction of sp³-hybridized carbons (Fsp3) is 0.375. The zero-order valence-electron chi connectivity index (χ0n) is 17.7. The quantitative estimate of drug-likeness (QED) is 0.639. The number of hydrogen-bond acceptors (Lipinski definition) is 5. The van der Waals surface area contributed by atoms with Crippen molar-refractivity contribution in [3.63, 3.8) is 0 Å². The first-order valence-electron chi connectivity index (χ1n) is 10.5. The summed E-state index contributed by atoms with van der Waals surface area (Å²) < 4.78 is 36.7. The lowest BCUT2D eigenvalue weighted by Gasteiger charge is -2.38. The molecule has 2 fully saturated rings. The third-order valence-corrected chi connectivity index (χ3v) is 8.47. The van der Waals surface area contributed by atoms with Crippen molar-refractivity contribution in [1.29, 1.82) is 0 Å². The van der Waals surface area contributed by atoms with E-state index in [4.69, 9.17) is 9.47 Å². The van der Waals surface area contributed by atoms with Crippen LogP contribution in [-0.4, -0.2) is 50.8 Å². The highest BCUT2D eigenvalue weighted by molar-refractivity contribution is 7.92. The third-order valence-electron chi connectivity index (χ3n) is 6.28. The number of carbonyl (C=O) groups is 1. The summed E-state index contributed by atoms with van der Waals surface area (Å²) in [5, 5.41) is -0.439. The molecule has 2 aliphatic rings. The zero-order chi connectivity index (χ0) is 22.0. The van der Waals surface area contributed by atoms with Gasteiger partial charge >= 0.3 is 0 Å². The summed E-state index contributed by atoms with van der Waals surface area (Å²) in [6.07, 6.45) is 6.01. The van der Waals surface area contributed by atoms with Crippen LogP contribution < -0.4 is 9.47 Å². The molecule has 2 unspecified atom stereocenters. The molecular formula is C24H27NO5S. The van der Waals surface area contributed by atoms with E-state index in [0.717, 1.165) is 18.4 Å². The molecule has 2 saturated heterocycles. The van der Waals surface area contributed by atoms with Gasteiger partial charge < -0.3 is 14.4 Å². The van der Waals surface area contributed by atoms with Crippen LogP contribution in [0, 0.1) is 0 Å². The third kappa shape index (κ3) is 4.19. The van der Waals surface area contributed by atoms with Gasteiger partial charge in [0.1, 0.15) is 0 Å². The minimum absolute atomic E-state index is 0.0372. The van der Waals surface area contributed by atoms with Crippen molar-refractivity contribution in [2.75, 3.05) is 14.2 Å². The van der Waals surface area contributed by atoms with Gasteiger partial charge in [-0.05, 0) is 61.6 Å². The second-order valence-electron chi connectivity index (χ2n) is 8.03. The van der Waals surface area contributed by atoms with Crippen LogP contribution in [0.1, 0.15) is 31.2 Å². The summed E-state index contributed by atoms with van der Waals surface area (Å²) in [4.78, 5) is 15.2. The zero-order valence-corrected chi connectivity index (χ0v) is 18.5. The van der Waals surface area contributed by atoms with Crippen molar-refractivity contribution in [2.24, 2.45) is 0 Å². The van der Waals surface area contributed by atoms with Gasteiger partial charge in [-0.1, -0.05) is 24.3 Å². The highest BCUT2D eigenvalue weighted by Gasteiger charge is 2.46. The molecule has 0 radical (unpaired) electrons. The summed E-state index contributed by atoms with van der Waals surface area (Å²) in [7, 11) is -0.239. The fourth-order valence-electron chi connectivity index (χ4n) is 4.75. The summed E-state index contributed by atoms with van der Waals surface area (Å²) in [6.45, 7) is 0. The number of sulfone groups is 1. The number of nitrogens with zero attached hydrogens (tertiary/aromatic N) is 1. The average Bonchev–Trinajstić information content (AvgIpc) is 3.06. The largest absolute Gasteiger partial charge is 0.493 e. The molecule has 0 aliphatic carbocycles. The van der Waals surface area contributed by atoms with Crippen LogP contribution in [0.25, 0.3) is 6.08 Å². The molecule has 0 saturated carbocycles. The number of amides is 1. The predicted molar refractivity (Wildman–Crippen MR) is 119 cm³/mol. The Hall–Kier alpha value is -2.80. The monoisotopic (exact) mass is 441 g/mol. The first kappa shape index (κ1) is 21.4. The Morgan fingerprint density at radius 2 is 1.61 bits per heavy atom. The van der Waals surface area contributed by atoms with Crippen molar-refractivity contribution in [3.8, 4) is 11.5 Å². The minimum Gasteiger partial charge on any atom is -0.493 e. The molecule has 7 heteroatoms. The van der Waals surface area contributed by atoms with Gasteiger partial charge in [-0.2, -0.15) is 0 Å². The van der Waals surface area contributed by atoms with Crippen molar-refractivity contribution in [1.82, 2.24) is 4.90 Å². The van der Waals surface area contributed by atoms with Crippen LogP contribution in [0.15, 0.2) is 59.5 Å². The lowest BCUT2D eigenvalue weighted by atomic mass is 10.0. The molecule has 0 N–H and O–H groups in total. The maximum Gasteiger partial charge on any atom is 0.247 e. The molecule has 2 aromatic carbocycles. The molecule has 31 heavy (non-hydrogen) atoms. The molecule has 2 aromatic rings. The Kier molecular flexibility index (Phi) is 6.05. The van der Waals surface area contributed by atoms with Gasteiger partial charge in [-0.3, -0.25) is 4.79 Å². The topological polar surface area (TPSA) is 72.9 Å². The Morgan fingerprint density at radius 3 is 2.23 bits per heavy atom. The molecule has 1 amide bonds. The number of hydrogen-bond donors (Lipinski definition) is 0. The fourth-order valence-corrected chi connectivity index (χ4v) is 6.63. The van der Waals surface area contributed by atoms with Crippen LogP contribution in [0.4, 0.5) is 0 Å². The van der Waals surface area contributed by atoms with Crippen LogP contribution in [0.5, 0.6) is 11.5 Å². The Morgan fingerprint density at radius 1 is 0.968 bits per heavy atom. The van der Waals surface area contributed by atoms with Gasteiger partial charge in [-0.15, -0.1) is 0 Å². The number of piperidine rings is 1. The second-order valence-corrected chi connectivity index (χ2v) is 10.3. The molecule has 0 spiro atoms. The first-order valence-corrected chi connectivity index (χ1v) is 12.0. The normalized spacial score (nSPS) is 23.2. The molecule has 2 atom stereocenters. The molecular weight excluding hydrogens is 414 g/mol. The Bertz CT molecular complexity index is 1070. The van der Waals surface area contributed by atoms with Gasteiger partial charge in [0.15, 0.2) is 21.3 Å². The number of methoxy groups -OCH3 is 2. The van der Waals surface area contributed by atoms with Crippen molar-refractivity contribution in [2.45, 2.75) is 47.9 Å². The second kappa shape index (κ2) is 8.75.